The molecule has 0 spiro atoms. The van der Waals surface area contributed by atoms with Gasteiger partial charge in [0.25, 0.3) is 0 Å². The number of aliphatic carboxylic acids is 1. The van der Waals surface area contributed by atoms with Crippen LogP contribution in [0.1, 0.15) is 24.0 Å². The van der Waals surface area contributed by atoms with Gasteiger partial charge in [-0.1, -0.05) is 24.3 Å². The van der Waals surface area contributed by atoms with E-state index < -0.39 is 22.0 Å². The van der Waals surface area contributed by atoms with Gasteiger partial charge in [0.1, 0.15) is 0 Å². The zero-order valence-corrected chi connectivity index (χ0v) is 15.8. The van der Waals surface area contributed by atoms with E-state index in [0.717, 1.165) is 5.56 Å². The average molecular weight is 399 g/mol. The summed E-state index contributed by atoms with van der Waals surface area (Å²) in [6, 6.07) is 6.63. The molecule has 2 rings (SSSR count). The molecule has 1 aromatic carbocycles. The summed E-state index contributed by atoms with van der Waals surface area (Å²) in [5, 5.41) is 13.8. The molecule has 0 aromatic heterocycles. The molecule has 1 heterocycles. The van der Waals surface area contributed by atoms with Gasteiger partial charge in [-0.05, 0) is 17.5 Å². The molecule has 1 fully saturated rings. The Bertz CT molecular complexity index is 747. The van der Waals surface area contributed by atoms with Crippen LogP contribution in [0.25, 0.3) is 0 Å². The highest BCUT2D eigenvalue weighted by molar-refractivity contribution is 7.88. The Morgan fingerprint density at radius 2 is 1.78 bits per heavy atom. The standard InChI is InChI=1S/C17H25N3O6S/c21-16(22)6-3-7-18-17(23)19-12-14-4-1-2-5-15(14)13-27(24,25)20-8-10-26-11-9-20/h1-2,4-5H,3,6-13H2,(H,21,22)(H2,18,19,23). The van der Waals surface area contributed by atoms with Crippen molar-refractivity contribution >= 4 is 22.0 Å². The lowest BCUT2D eigenvalue weighted by Crippen LogP contribution is -2.41. The first-order chi connectivity index (χ1) is 12.9. The first kappa shape index (κ1) is 21.1. The summed E-state index contributed by atoms with van der Waals surface area (Å²) < 4.78 is 31.8. The highest BCUT2D eigenvalue weighted by atomic mass is 32.2. The van der Waals surface area contributed by atoms with Crippen LogP contribution in [-0.2, 0) is 31.9 Å². The van der Waals surface area contributed by atoms with E-state index in [2.05, 4.69) is 10.6 Å². The number of carbonyl (C=O) groups excluding carboxylic acids is 1. The number of carbonyl (C=O) groups is 2. The van der Waals surface area contributed by atoms with Crippen molar-refractivity contribution < 1.29 is 27.9 Å². The van der Waals surface area contributed by atoms with Crippen molar-refractivity contribution in [3.8, 4) is 0 Å². The fourth-order valence-corrected chi connectivity index (χ4v) is 4.23. The van der Waals surface area contributed by atoms with Crippen molar-refractivity contribution in [2.24, 2.45) is 0 Å². The van der Waals surface area contributed by atoms with Gasteiger partial charge < -0.3 is 20.5 Å². The third kappa shape index (κ3) is 7.16. The number of benzene rings is 1. The number of amides is 2. The number of carboxylic acid groups (broad SMARTS) is 1. The van der Waals surface area contributed by atoms with E-state index in [1.54, 1.807) is 24.3 Å². The number of hydrogen-bond acceptors (Lipinski definition) is 5. The Balaban J connectivity index is 1.89. The highest BCUT2D eigenvalue weighted by Gasteiger charge is 2.25. The number of morpholine rings is 1. The fourth-order valence-electron chi connectivity index (χ4n) is 2.66. The van der Waals surface area contributed by atoms with Gasteiger partial charge in [-0.15, -0.1) is 0 Å². The van der Waals surface area contributed by atoms with Crippen LogP contribution < -0.4 is 10.6 Å². The molecule has 150 valence electrons. The van der Waals surface area contributed by atoms with Gasteiger partial charge in [0, 0.05) is 32.6 Å². The number of carboxylic acids is 1. The van der Waals surface area contributed by atoms with Crippen LogP contribution >= 0.6 is 0 Å². The summed E-state index contributed by atoms with van der Waals surface area (Å²) in [5.41, 5.74) is 1.35. The maximum absolute atomic E-state index is 12.6. The van der Waals surface area contributed by atoms with Crippen molar-refractivity contribution in [2.45, 2.75) is 25.1 Å². The minimum Gasteiger partial charge on any atom is -0.481 e. The number of hydrogen-bond donors (Lipinski definition) is 3. The summed E-state index contributed by atoms with van der Waals surface area (Å²) in [6.45, 7) is 1.92. The van der Waals surface area contributed by atoms with Crippen molar-refractivity contribution in [3.63, 3.8) is 0 Å². The van der Waals surface area contributed by atoms with E-state index in [9.17, 15) is 18.0 Å². The fraction of sp³-hybridized carbons (Fsp3) is 0.529. The highest BCUT2D eigenvalue weighted by Crippen LogP contribution is 2.16. The van der Waals surface area contributed by atoms with Gasteiger partial charge in [-0.25, -0.2) is 13.2 Å². The second-order valence-corrected chi connectivity index (χ2v) is 8.11. The SMILES string of the molecule is O=C(O)CCCNC(=O)NCc1ccccc1CS(=O)(=O)N1CCOCC1. The minimum absolute atomic E-state index is 0.0114. The van der Waals surface area contributed by atoms with Gasteiger partial charge in [0.2, 0.25) is 10.0 Å². The lowest BCUT2D eigenvalue weighted by atomic mass is 10.1. The molecule has 0 saturated carbocycles. The lowest BCUT2D eigenvalue weighted by molar-refractivity contribution is -0.137. The summed E-state index contributed by atoms with van der Waals surface area (Å²) in [6.07, 6.45) is 0.333. The molecule has 9 nitrogen and oxygen atoms in total. The van der Waals surface area contributed by atoms with E-state index >= 15 is 0 Å². The summed E-state index contributed by atoms with van der Waals surface area (Å²) >= 11 is 0. The van der Waals surface area contributed by atoms with Crippen LogP contribution in [0.2, 0.25) is 0 Å². The number of nitrogens with one attached hydrogen (secondary N) is 2. The second-order valence-electron chi connectivity index (χ2n) is 6.14. The lowest BCUT2D eigenvalue weighted by Gasteiger charge is -2.26. The molecule has 0 bridgehead atoms. The smallest absolute Gasteiger partial charge is 0.315 e. The van der Waals surface area contributed by atoms with Crippen LogP contribution in [0, 0.1) is 0 Å². The molecule has 0 atom stereocenters. The van der Waals surface area contributed by atoms with Gasteiger partial charge in [-0.3, -0.25) is 4.79 Å². The van der Waals surface area contributed by atoms with Crippen LogP contribution in [0.15, 0.2) is 24.3 Å². The molecule has 1 aliphatic rings. The summed E-state index contributed by atoms with van der Waals surface area (Å²) in [5.74, 6) is -1.04. The Morgan fingerprint density at radius 3 is 2.44 bits per heavy atom. The summed E-state index contributed by atoms with van der Waals surface area (Å²) in [7, 11) is -3.45. The first-order valence-electron chi connectivity index (χ1n) is 8.74. The van der Waals surface area contributed by atoms with Crippen LogP contribution in [0.3, 0.4) is 0 Å². The maximum Gasteiger partial charge on any atom is 0.315 e. The van der Waals surface area contributed by atoms with Crippen LogP contribution in [0.5, 0.6) is 0 Å². The third-order valence-electron chi connectivity index (χ3n) is 4.11. The number of nitrogens with zero attached hydrogens (tertiary/aromatic N) is 1. The largest absolute Gasteiger partial charge is 0.481 e. The Hall–Kier alpha value is -2.17. The van der Waals surface area contributed by atoms with Crippen LogP contribution in [0.4, 0.5) is 4.79 Å². The van der Waals surface area contributed by atoms with Gasteiger partial charge in [-0.2, -0.15) is 4.31 Å². The topological polar surface area (TPSA) is 125 Å². The van der Waals surface area contributed by atoms with Crippen molar-refractivity contribution in [1.82, 2.24) is 14.9 Å². The molecule has 1 saturated heterocycles. The van der Waals surface area contributed by atoms with Crippen molar-refractivity contribution in [3.05, 3.63) is 35.4 Å². The Labute approximate surface area is 158 Å². The van der Waals surface area contributed by atoms with E-state index in [1.807, 2.05) is 0 Å². The number of ether oxygens (including phenoxy) is 1. The monoisotopic (exact) mass is 399 g/mol. The number of sulfonamides is 1. The predicted octanol–water partition coefficient (Wildman–Crippen LogP) is 0.513. The van der Waals surface area contributed by atoms with Crippen LogP contribution in [-0.4, -0.2) is 62.7 Å². The first-order valence-corrected chi connectivity index (χ1v) is 10.4. The molecule has 0 aliphatic carbocycles. The maximum atomic E-state index is 12.6. The van der Waals surface area contributed by atoms with Crippen molar-refractivity contribution in [2.75, 3.05) is 32.8 Å². The van der Waals surface area contributed by atoms with Crippen molar-refractivity contribution in [1.29, 1.82) is 0 Å². The second kappa shape index (κ2) is 10.2. The van der Waals surface area contributed by atoms with E-state index in [1.165, 1.54) is 4.31 Å². The normalized spacial score (nSPS) is 15.3. The minimum atomic E-state index is -3.45. The quantitative estimate of drug-likeness (QED) is 0.520. The molecule has 1 aliphatic heterocycles. The van der Waals surface area contributed by atoms with Gasteiger partial charge in [0.15, 0.2) is 0 Å². The average Bonchev–Trinajstić information content (AvgIpc) is 2.65. The Kier molecular flexibility index (Phi) is 8.01. The predicted molar refractivity (Wildman–Crippen MR) is 98.6 cm³/mol. The number of urea groups is 1. The molecular weight excluding hydrogens is 374 g/mol. The Morgan fingerprint density at radius 1 is 1.11 bits per heavy atom. The van der Waals surface area contributed by atoms with E-state index in [-0.39, 0.29) is 25.3 Å². The van der Waals surface area contributed by atoms with E-state index in [0.29, 0.717) is 38.3 Å². The third-order valence-corrected chi connectivity index (χ3v) is 5.94. The molecule has 10 heteroatoms. The number of rotatable bonds is 9. The van der Waals surface area contributed by atoms with Gasteiger partial charge in [0.05, 0.1) is 19.0 Å². The molecule has 0 unspecified atom stereocenters. The molecule has 1 aromatic rings. The van der Waals surface area contributed by atoms with Gasteiger partial charge >= 0.3 is 12.0 Å². The zero-order valence-electron chi connectivity index (χ0n) is 15.0. The summed E-state index contributed by atoms with van der Waals surface area (Å²) in [4.78, 5) is 22.2. The molecule has 3 N–H and O–H groups in total. The zero-order chi connectivity index (χ0) is 19.7. The molecular formula is C17H25N3O6S. The molecule has 27 heavy (non-hydrogen) atoms. The molecule has 0 radical (unpaired) electrons. The molecule has 2 amide bonds. The van der Waals surface area contributed by atoms with E-state index in [4.69, 9.17) is 9.84 Å².